The van der Waals surface area contributed by atoms with Gasteiger partial charge in [0.05, 0.1) is 16.6 Å². The average Bonchev–Trinajstić information content (AvgIpc) is 2.95. The number of aryl methyl sites for hydroxylation is 1. The number of nitrogens with zero attached hydrogens (tertiary/aromatic N) is 4. The Morgan fingerprint density at radius 1 is 1.11 bits per heavy atom. The Hall–Kier alpha value is -3.69. The Morgan fingerprint density at radius 2 is 1.86 bits per heavy atom. The molecule has 0 unspecified atom stereocenters. The summed E-state index contributed by atoms with van der Waals surface area (Å²) >= 11 is 0. The molecule has 7 nitrogen and oxygen atoms in total. The number of benzene rings is 2. The number of carbonyl (C=O) groups is 1. The van der Waals surface area contributed by atoms with Gasteiger partial charge in [0, 0.05) is 17.8 Å². The number of alkyl halides is 3. The second-order valence-electron chi connectivity index (χ2n) is 6.10. The molecule has 0 atom stereocenters. The van der Waals surface area contributed by atoms with E-state index in [-0.39, 0.29) is 22.8 Å². The first-order chi connectivity index (χ1) is 13.2. The van der Waals surface area contributed by atoms with Crippen LogP contribution in [0.25, 0.3) is 21.8 Å². The molecule has 0 aliphatic heterocycles. The van der Waals surface area contributed by atoms with Crippen molar-refractivity contribution in [2.45, 2.75) is 6.18 Å². The molecule has 0 saturated heterocycles. The molecule has 0 bridgehead atoms. The zero-order valence-corrected chi connectivity index (χ0v) is 14.4. The first kappa shape index (κ1) is 17.7. The summed E-state index contributed by atoms with van der Waals surface area (Å²) in [6.45, 7) is 0. The van der Waals surface area contributed by atoms with Crippen LogP contribution in [0.1, 0.15) is 16.1 Å². The lowest BCUT2D eigenvalue weighted by Gasteiger charge is -2.08. The molecule has 10 heteroatoms. The van der Waals surface area contributed by atoms with Gasteiger partial charge in [-0.1, -0.05) is 18.2 Å². The van der Waals surface area contributed by atoms with Crippen molar-refractivity contribution in [2.75, 3.05) is 11.1 Å². The number of nitrogen functional groups attached to an aromatic ring is 1. The average molecular weight is 386 g/mol. The fraction of sp³-hybridized carbons (Fsp3) is 0.111. The first-order valence-electron chi connectivity index (χ1n) is 8.11. The van der Waals surface area contributed by atoms with E-state index in [2.05, 4.69) is 20.4 Å². The van der Waals surface area contributed by atoms with Crippen molar-refractivity contribution in [3.05, 3.63) is 53.7 Å². The Balaban J connectivity index is 1.79. The van der Waals surface area contributed by atoms with E-state index in [4.69, 9.17) is 5.73 Å². The van der Waals surface area contributed by atoms with Crippen molar-refractivity contribution >= 4 is 39.5 Å². The lowest BCUT2D eigenvalue weighted by molar-refractivity contribution is -0.137. The molecule has 142 valence electrons. The molecule has 2 aromatic carbocycles. The molecular formula is C18H13F3N6O. The normalized spacial score (nSPS) is 11.9. The molecule has 4 rings (SSSR count). The second-order valence-corrected chi connectivity index (χ2v) is 6.10. The highest BCUT2D eigenvalue weighted by Crippen LogP contribution is 2.33. The molecule has 0 saturated carbocycles. The summed E-state index contributed by atoms with van der Waals surface area (Å²) < 4.78 is 40.6. The van der Waals surface area contributed by atoms with E-state index in [0.29, 0.717) is 16.4 Å². The van der Waals surface area contributed by atoms with Crippen LogP contribution < -0.4 is 11.1 Å². The Labute approximate surface area is 156 Å². The molecule has 4 aromatic rings. The topological polar surface area (TPSA) is 98.7 Å². The molecule has 2 aromatic heterocycles. The monoisotopic (exact) mass is 386 g/mol. The number of halogens is 3. The lowest BCUT2D eigenvalue weighted by atomic mass is 10.1. The second kappa shape index (κ2) is 6.19. The predicted molar refractivity (Wildman–Crippen MR) is 97.6 cm³/mol. The van der Waals surface area contributed by atoms with Gasteiger partial charge in [-0.2, -0.15) is 18.3 Å². The Bertz CT molecular complexity index is 1230. The molecule has 0 fully saturated rings. The quantitative estimate of drug-likeness (QED) is 0.550. The molecule has 28 heavy (non-hydrogen) atoms. The van der Waals surface area contributed by atoms with E-state index in [1.165, 1.54) is 10.7 Å². The Kier molecular flexibility index (Phi) is 3.91. The summed E-state index contributed by atoms with van der Waals surface area (Å²) in [5.74, 6) is -0.744. The SMILES string of the molecule is Cn1nc(NC(=O)c2nc(N)nc3ccccc23)c2cc(C(F)(F)F)ccc21. The van der Waals surface area contributed by atoms with Crippen LogP contribution in [-0.4, -0.2) is 25.7 Å². The van der Waals surface area contributed by atoms with E-state index in [1.54, 1.807) is 31.3 Å². The number of para-hydroxylation sites is 1. The van der Waals surface area contributed by atoms with Crippen LogP contribution in [-0.2, 0) is 13.2 Å². The number of fused-ring (bicyclic) bond motifs is 2. The van der Waals surface area contributed by atoms with E-state index in [0.717, 1.165) is 12.1 Å². The molecule has 3 N–H and O–H groups in total. The van der Waals surface area contributed by atoms with Gasteiger partial charge in [0.2, 0.25) is 5.95 Å². The number of aromatic nitrogens is 4. The maximum Gasteiger partial charge on any atom is 0.416 e. The number of hydrogen-bond acceptors (Lipinski definition) is 5. The molecule has 0 aliphatic carbocycles. The molecule has 0 spiro atoms. The number of carbonyl (C=O) groups excluding carboxylic acids is 1. The van der Waals surface area contributed by atoms with Crippen LogP contribution in [0.4, 0.5) is 24.9 Å². The zero-order chi connectivity index (χ0) is 20.1. The number of hydrogen-bond donors (Lipinski definition) is 2. The maximum absolute atomic E-state index is 13.1. The van der Waals surface area contributed by atoms with Gasteiger partial charge in [0.25, 0.3) is 5.91 Å². The summed E-state index contributed by atoms with van der Waals surface area (Å²) in [7, 11) is 1.57. The van der Waals surface area contributed by atoms with Gasteiger partial charge < -0.3 is 11.1 Å². The molecule has 0 aliphatic rings. The predicted octanol–water partition coefficient (Wildman–Crippen LogP) is 3.37. The number of anilines is 2. The minimum absolute atomic E-state index is 0.00475. The lowest BCUT2D eigenvalue weighted by Crippen LogP contribution is -2.16. The largest absolute Gasteiger partial charge is 0.416 e. The number of amides is 1. The zero-order valence-electron chi connectivity index (χ0n) is 14.4. The fourth-order valence-corrected chi connectivity index (χ4v) is 2.97. The highest BCUT2D eigenvalue weighted by Gasteiger charge is 2.31. The van der Waals surface area contributed by atoms with E-state index >= 15 is 0 Å². The van der Waals surface area contributed by atoms with Crippen molar-refractivity contribution in [3.63, 3.8) is 0 Å². The standard InChI is InChI=1S/C18H13F3N6O/c1-27-13-7-6-9(18(19,20)21)8-11(13)15(26-27)25-16(28)14-10-4-2-3-5-12(10)23-17(22)24-14/h2-8H,1H3,(H2,22,23,24)(H,25,26,28). The van der Waals surface area contributed by atoms with Gasteiger partial charge in [-0.05, 0) is 24.3 Å². The number of nitrogens with one attached hydrogen (secondary N) is 1. The van der Waals surface area contributed by atoms with Crippen LogP contribution >= 0.6 is 0 Å². The van der Waals surface area contributed by atoms with Crippen molar-refractivity contribution < 1.29 is 18.0 Å². The third-order valence-electron chi connectivity index (χ3n) is 4.25. The Morgan fingerprint density at radius 3 is 2.61 bits per heavy atom. The molecule has 1 amide bonds. The van der Waals surface area contributed by atoms with E-state index in [9.17, 15) is 18.0 Å². The summed E-state index contributed by atoms with van der Waals surface area (Å²) in [6.07, 6.45) is -4.51. The van der Waals surface area contributed by atoms with Gasteiger partial charge in [0.1, 0.15) is 5.69 Å². The van der Waals surface area contributed by atoms with Crippen LogP contribution in [0, 0.1) is 0 Å². The minimum Gasteiger partial charge on any atom is -0.368 e. The van der Waals surface area contributed by atoms with Crippen molar-refractivity contribution in [3.8, 4) is 0 Å². The van der Waals surface area contributed by atoms with Crippen molar-refractivity contribution in [1.29, 1.82) is 0 Å². The van der Waals surface area contributed by atoms with Crippen molar-refractivity contribution in [1.82, 2.24) is 19.7 Å². The summed E-state index contributed by atoms with van der Waals surface area (Å²) in [5.41, 5.74) is 5.76. The maximum atomic E-state index is 13.1. The minimum atomic E-state index is -4.51. The third kappa shape index (κ3) is 2.98. The summed E-state index contributed by atoms with van der Waals surface area (Å²) in [5, 5.41) is 7.29. The van der Waals surface area contributed by atoms with Crippen LogP contribution in [0.2, 0.25) is 0 Å². The van der Waals surface area contributed by atoms with Gasteiger partial charge in [-0.25, -0.2) is 9.97 Å². The number of rotatable bonds is 2. The summed E-state index contributed by atoms with van der Waals surface area (Å²) in [6, 6.07) is 10.0. The van der Waals surface area contributed by atoms with Gasteiger partial charge >= 0.3 is 6.18 Å². The van der Waals surface area contributed by atoms with Crippen molar-refractivity contribution in [2.24, 2.45) is 7.05 Å². The van der Waals surface area contributed by atoms with Crippen LogP contribution in [0.15, 0.2) is 42.5 Å². The van der Waals surface area contributed by atoms with Gasteiger partial charge in [-0.3, -0.25) is 9.48 Å². The van der Waals surface area contributed by atoms with Gasteiger partial charge in [-0.15, -0.1) is 0 Å². The van der Waals surface area contributed by atoms with E-state index < -0.39 is 17.6 Å². The van der Waals surface area contributed by atoms with Crippen LogP contribution in [0.5, 0.6) is 0 Å². The first-order valence-corrected chi connectivity index (χ1v) is 8.11. The number of nitrogens with two attached hydrogens (primary N) is 1. The van der Waals surface area contributed by atoms with Crippen LogP contribution in [0.3, 0.4) is 0 Å². The molecular weight excluding hydrogens is 373 g/mol. The van der Waals surface area contributed by atoms with Gasteiger partial charge in [0.15, 0.2) is 5.82 Å². The highest BCUT2D eigenvalue weighted by molar-refractivity contribution is 6.13. The van der Waals surface area contributed by atoms with E-state index in [1.807, 2.05) is 0 Å². The molecule has 2 heterocycles. The molecule has 0 radical (unpaired) electrons. The third-order valence-corrected chi connectivity index (χ3v) is 4.25. The highest BCUT2D eigenvalue weighted by atomic mass is 19.4. The summed E-state index contributed by atoms with van der Waals surface area (Å²) in [4.78, 5) is 20.8. The fourth-order valence-electron chi connectivity index (χ4n) is 2.97. The smallest absolute Gasteiger partial charge is 0.368 e.